The molecule has 1 spiro atoms. The molecule has 0 bridgehead atoms. The van der Waals surface area contributed by atoms with Gasteiger partial charge in [-0.25, -0.2) is 0 Å². The van der Waals surface area contributed by atoms with Crippen molar-refractivity contribution in [2.75, 3.05) is 39.3 Å². The third kappa shape index (κ3) is 4.93. The Morgan fingerprint density at radius 3 is 2.10 bits per heavy atom. The minimum atomic E-state index is -4.69. The Bertz CT molecular complexity index is 331. The maximum Gasteiger partial charge on any atom is 0.450 e. The second kappa shape index (κ2) is 7.56. The SMILES string of the molecule is CCN(CC)CC.O=C(C1CC12CNCCN2)C(F)(F)F. The van der Waals surface area contributed by atoms with Gasteiger partial charge in [-0.3, -0.25) is 4.79 Å². The number of Topliss-reactive ketones (excluding diaryl/α,β-unsaturated/α-hetero) is 1. The van der Waals surface area contributed by atoms with Gasteiger partial charge in [0.15, 0.2) is 0 Å². The van der Waals surface area contributed by atoms with Crippen LogP contribution in [-0.4, -0.2) is 61.7 Å². The number of nitrogens with one attached hydrogen (secondary N) is 2. The summed E-state index contributed by atoms with van der Waals surface area (Å²) < 4.78 is 36.2. The van der Waals surface area contributed by atoms with E-state index >= 15 is 0 Å². The summed E-state index contributed by atoms with van der Waals surface area (Å²) in [5.41, 5.74) is -0.606. The van der Waals surface area contributed by atoms with Crippen LogP contribution in [0.15, 0.2) is 0 Å². The van der Waals surface area contributed by atoms with Gasteiger partial charge in [0.05, 0.1) is 0 Å². The molecule has 0 aromatic rings. The maximum absolute atomic E-state index is 12.1. The lowest BCUT2D eigenvalue weighted by molar-refractivity contribution is -0.173. The molecule has 2 unspecified atom stereocenters. The first-order valence-electron chi connectivity index (χ1n) is 7.59. The summed E-state index contributed by atoms with van der Waals surface area (Å²) >= 11 is 0. The van der Waals surface area contributed by atoms with Gasteiger partial charge in [-0.2, -0.15) is 13.2 Å². The lowest BCUT2D eigenvalue weighted by Crippen LogP contribution is -2.52. The lowest BCUT2D eigenvalue weighted by Gasteiger charge is -2.25. The van der Waals surface area contributed by atoms with E-state index in [4.69, 9.17) is 0 Å². The van der Waals surface area contributed by atoms with E-state index in [9.17, 15) is 18.0 Å². The summed E-state index contributed by atoms with van der Waals surface area (Å²) in [4.78, 5) is 13.3. The summed E-state index contributed by atoms with van der Waals surface area (Å²) in [6, 6.07) is 0. The maximum atomic E-state index is 12.1. The Kier molecular flexibility index (Phi) is 6.62. The zero-order valence-electron chi connectivity index (χ0n) is 13.0. The molecule has 2 aliphatic rings. The molecule has 1 saturated heterocycles. The predicted molar refractivity (Wildman–Crippen MR) is 76.2 cm³/mol. The lowest BCUT2D eigenvalue weighted by atomic mass is 10.1. The van der Waals surface area contributed by atoms with Gasteiger partial charge in [0, 0.05) is 31.1 Å². The van der Waals surface area contributed by atoms with Gasteiger partial charge in [-0.05, 0) is 26.1 Å². The molecule has 4 nitrogen and oxygen atoms in total. The van der Waals surface area contributed by atoms with Crippen molar-refractivity contribution in [2.24, 2.45) is 5.92 Å². The van der Waals surface area contributed by atoms with E-state index in [-0.39, 0.29) is 0 Å². The molecule has 0 amide bonds. The normalized spacial score (nSPS) is 28.2. The minimum absolute atomic E-state index is 0.304. The summed E-state index contributed by atoms with van der Waals surface area (Å²) in [6.45, 7) is 12.0. The van der Waals surface area contributed by atoms with Crippen LogP contribution in [-0.2, 0) is 4.79 Å². The van der Waals surface area contributed by atoms with Crippen molar-refractivity contribution in [3.8, 4) is 0 Å². The summed E-state index contributed by atoms with van der Waals surface area (Å²) in [7, 11) is 0. The Morgan fingerprint density at radius 1 is 1.19 bits per heavy atom. The largest absolute Gasteiger partial charge is 0.450 e. The Hall–Kier alpha value is -0.660. The summed E-state index contributed by atoms with van der Waals surface area (Å²) in [5, 5.41) is 5.98. The van der Waals surface area contributed by atoms with Gasteiger partial charge in [0.2, 0.25) is 5.78 Å². The molecule has 2 atom stereocenters. The number of carbonyl (C=O) groups is 1. The zero-order chi connectivity index (χ0) is 16.1. The first-order valence-corrected chi connectivity index (χ1v) is 7.59. The minimum Gasteiger partial charge on any atom is -0.314 e. The number of ketones is 1. The molecule has 21 heavy (non-hydrogen) atoms. The number of nitrogens with zero attached hydrogens (tertiary/aromatic N) is 1. The number of piperazine rings is 1. The van der Waals surface area contributed by atoms with Crippen LogP contribution in [0.3, 0.4) is 0 Å². The molecule has 124 valence electrons. The van der Waals surface area contributed by atoms with E-state index in [0.717, 1.165) is 6.54 Å². The highest BCUT2D eigenvalue weighted by Crippen LogP contribution is 2.47. The first-order chi connectivity index (χ1) is 9.80. The number of carbonyl (C=O) groups excluding carboxylic acids is 1. The first kappa shape index (κ1) is 18.4. The highest BCUT2D eigenvalue weighted by molar-refractivity contribution is 5.90. The molecule has 2 N–H and O–H groups in total. The Morgan fingerprint density at radius 2 is 1.76 bits per heavy atom. The quantitative estimate of drug-likeness (QED) is 0.824. The number of rotatable bonds is 4. The fourth-order valence-electron chi connectivity index (χ4n) is 2.68. The Labute approximate surface area is 124 Å². The van der Waals surface area contributed by atoms with Crippen LogP contribution in [0.4, 0.5) is 13.2 Å². The second-order valence-corrected chi connectivity index (χ2v) is 5.50. The standard InChI is InChI=1S/C8H11F3N2O.C6H15N/c9-8(10,11)6(14)5-3-7(5)4-12-1-2-13-7;1-4-7(5-2)6-3/h5,12-13H,1-4H2;4-6H2,1-3H3. The molecule has 1 saturated carbocycles. The molecule has 0 aromatic heterocycles. The van der Waals surface area contributed by atoms with Crippen LogP contribution in [0.1, 0.15) is 27.2 Å². The van der Waals surface area contributed by atoms with Crippen molar-refractivity contribution in [3.05, 3.63) is 0 Å². The van der Waals surface area contributed by atoms with E-state index in [1.807, 2.05) is 0 Å². The van der Waals surface area contributed by atoms with Gasteiger partial charge >= 0.3 is 6.18 Å². The zero-order valence-corrected chi connectivity index (χ0v) is 13.0. The van der Waals surface area contributed by atoms with Gasteiger partial charge in [0.25, 0.3) is 0 Å². The highest BCUT2D eigenvalue weighted by atomic mass is 19.4. The van der Waals surface area contributed by atoms with Gasteiger partial charge in [0.1, 0.15) is 0 Å². The topological polar surface area (TPSA) is 44.4 Å². The van der Waals surface area contributed by atoms with Crippen LogP contribution in [0.5, 0.6) is 0 Å². The molecule has 0 radical (unpaired) electrons. The van der Waals surface area contributed by atoms with E-state index in [1.165, 1.54) is 19.6 Å². The summed E-state index contributed by atoms with van der Waals surface area (Å²) in [5.74, 6) is -2.47. The third-order valence-corrected chi connectivity index (χ3v) is 4.23. The Balaban J connectivity index is 0.000000270. The van der Waals surface area contributed by atoms with Crippen molar-refractivity contribution < 1.29 is 18.0 Å². The molecule has 1 aliphatic carbocycles. The van der Waals surface area contributed by atoms with Crippen LogP contribution in [0.25, 0.3) is 0 Å². The van der Waals surface area contributed by atoms with Crippen LogP contribution < -0.4 is 10.6 Å². The van der Waals surface area contributed by atoms with Gasteiger partial charge < -0.3 is 15.5 Å². The smallest absolute Gasteiger partial charge is 0.314 e. The highest BCUT2D eigenvalue weighted by Gasteiger charge is 2.63. The van der Waals surface area contributed by atoms with Gasteiger partial charge in [-0.15, -0.1) is 0 Å². The monoisotopic (exact) mass is 309 g/mol. The fourth-order valence-corrected chi connectivity index (χ4v) is 2.68. The molecular formula is C14H26F3N3O. The van der Waals surface area contributed by atoms with Gasteiger partial charge in [-0.1, -0.05) is 20.8 Å². The average molecular weight is 309 g/mol. The van der Waals surface area contributed by atoms with Crippen molar-refractivity contribution in [1.29, 1.82) is 0 Å². The molecule has 2 rings (SSSR count). The van der Waals surface area contributed by atoms with Crippen molar-refractivity contribution in [2.45, 2.75) is 38.9 Å². The fraction of sp³-hybridized carbons (Fsp3) is 0.929. The number of alkyl halides is 3. The van der Waals surface area contributed by atoms with E-state index in [1.54, 1.807) is 0 Å². The van der Waals surface area contributed by atoms with Crippen LogP contribution in [0, 0.1) is 5.92 Å². The summed E-state index contributed by atoms with van der Waals surface area (Å²) in [6.07, 6.45) is -4.38. The predicted octanol–water partition coefficient (Wildman–Crippen LogP) is 1.42. The average Bonchev–Trinajstić information content (AvgIpc) is 3.13. The van der Waals surface area contributed by atoms with Crippen molar-refractivity contribution in [1.82, 2.24) is 15.5 Å². The van der Waals surface area contributed by atoms with Crippen molar-refractivity contribution >= 4 is 5.78 Å². The number of hydrogen-bond donors (Lipinski definition) is 2. The van der Waals surface area contributed by atoms with Crippen molar-refractivity contribution in [3.63, 3.8) is 0 Å². The van der Waals surface area contributed by atoms with Crippen LogP contribution in [0.2, 0.25) is 0 Å². The molecule has 1 heterocycles. The van der Waals surface area contributed by atoms with E-state index < -0.39 is 23.4 Å². The third-order valence-electron chi connectivity index (χ3n) is 4.23. The second-order valence-electron chi connectivity index (χ2n) is 5.50. The molecule has 7 heteroatoms. The van der Waals surface area contributed by atoms with E-state index in [2.05, 4.69) is 36.3 Å². The molecule has 2 fully saturated rings. The molecule has 0 aromatic carbocycles. The number of halogens is 3. The molecular weight excluding hydrogens is 283 g/mol. The van der Waals surface area contributed by atoms with E-state index in [0.29, 0.717) is 19.5 Å². The molecule has 1 aliphatic heterocycles. The number of hydrogen-bond acceptors (Lipinski definition) is 4. The van der Waals surface area contributed by atoms with Crippen LogP contribution >= 0.6 is 0 Å².